The Morgan fingerprint density at radius 1 is 1.00 bits per heavy atom. The maximum absolute atomic E-state index is 6.23. The van der Waals surface area contributed by atoms with E-state index in [9.17, 15) is 0 Å². The summed E-state index contributed by atoms with van der Waals surface area (Å²) in [4.78, 5) is 4.76. The highest BCUT2D eigenvalue weighted by molar-refractivity contribution is 5.18. The predicted molar refractivity (Wildman–Crippen MR) is 73.1 cm³/mol. The van der Waals surface area contributed by atoms with E-state index in [1.807, 2.05) is 13.8 Å². The summed E-state index contributed by atoms with van der Waals surface area (Å²) in [6.45, 7) is 17.1. The molecule has 0 saturated heterocycles. The highest BCUT2D eigenvalue weighted by Crippen LogP contribution is 2.29. The zero-order valence-electron chi connectivity index (χ0n) is 12.5. The summed E-state index contributed by atoms with van der Waals surface area (Å²) in [5.41, 5.74) is 6.96. The first-order valence-corrected chi connectivity index (χ1v) is 6.23. The van der Waals surface area contributed by atoms with Gasteiger partial charge in [-0.2, -0.15) is 0 Å². The first kappa shape index (κ1) is 14.2. The lowest BCUT2D eigenvalue weighted by Crippen LogP contribution is -2.36. The molecule has 0 saturated carbocycles. The second kappa shape index (κ2) is 3.84. The van der Waals surface area contributed by atoms with Gasteiger partial charge in [-0.05, 0) is 34.6 Å². The van der Waals surface area contributed by atoms with Crippen LogP contribution < -0.4 is 5.73 Å². The molecule has 0 amide bonds. The van der Waals surface area contributed by atoms with Gasteiger partial charge in [-0.15, -0.1) is 0 Å². The van der Waals surface area contributed by atoms with Gasteiger partial charge in [0.1, 0.15) is 5.82 Å². The summed E-state index contributed by atoms with van der Waals surface area (Å²) in [7, 11) is 0. The topological polar surface area (TPSA) is 43.8 Å². The number of nitrogens with zero attached hydrogens (tertiary/aromatic N) is 2. The van der Waals surface area contributed by atoms with Crippen molar-refractivity contribution < 1.29 is 0 Å². The first-order valence-electron chi connectivity index (χ1n) is 6.23. The second-order valence-electron chi connectivity index (χ2n) is 7.46. The van der Waals surface area contributed by atoms with Gasteiger partial charge in [0.25, 0.3) is 0 Å². The number of aromatic nitrogens is 2. The normalized spacial score (nSPS) is 14.2. The van der Waals surface area contributed by atoms with Crippen LogP contribution in [-0.4, -0.2) is 9.55 Å². The van der Waals surface area contributed by atoms with Crippen LogP contribution in [0.3, 0.4) is 0 Å². The fourth-order valence-electron chi connectivity index (χ4n) is 1.71. The van der Waals surface area contributed by atoms with Crippen molar-refractivity contribution in [3.8, 4) is 0 Å². The lowest BCUT2D eigenvalue weighted by atomic mass is 9.93. The van der Waals surface area contributed by atoms with Crippen molar-refractivity contribution >= 4 is 0 Å². The van der Waals surface area contributed by atoms with Crippen LogP contribution >= 0.6 is 0 Å². The fraction of sp³-hybridized carbons (Fsp3) is 0.786. The molecule has 1 heterocycles. The average molecular weight is 237 g/mol. The molecule has 0 unspecified atom stereocenters. The van der Waals surface area contributed by atoms with E-state index < -0.39 is 5.54 Å². The minimum absolute atomic E-state index is 0.00245. The summed E-state index contributed by atoms with van der Waals surface area (Å²) < 4.78 is 2.20. The van der Waals surface area contributed by atoms with Gasteiger partial charge in [0.2, 0.25) is 0 Å². The van der Waals surface area contributed by atoms with E-state index in [0.29, 0.717) is 0 Å². The highest BCUT2D eigenvalue weighted by atomic mass is 15.2. The molecule has 1 aromatic heterocycles. The Labute approximate surface area is 105 Å². The molecule has 0 radical (unpaired) electrons. The van der Waals surface area contributed by atoms with Crippen LogP contribution in [-0.2, 0) is 16.5 Å². The van der Waals surface area contributed by atoms with Crippen LogP contribution in [0.15, 0.2) is 6.20 Å². The fourth-order valence-corrected chi connectivity index (χ4v) is 1.71. The van der Waals surface area contributed by atoms with Crippen LogP contribution in [0.5, 0.6) is 0 Å². The molecule has 0 bridgehead atoms. The lowest BCUT2D eigenvalue weighted by molar-refractivity contribution is 0.348. The second-order valence-corrected chi connectivity index (χ2v) is 7.46. The molecule has 0 aromatic carbocycles. The molecule has 3 heteroatoms. The Bertz CT molecular complexity index is 363. The minimum Gasteiger partial charge on any atom is -0.328 e. The van der Waals surface area contributed by atoms with Gasteiger partial charge >= 0.3 is 0 Å². The Morgan fingerprint density at radius 2 is 1.47 bits per heavy atom. The van der Waals surface area contributed by atoms with Crippen LogP contribution in [0.4, 0.5) is 0 Å². The molecule has 0 spiro atoms. The van der Waals surface area contributed by atoms with Crippen LogP contribution in [0.1, 0.15) is 66.9 Å². The highest BCUT2D eigenvalue weighted by Gasteiger charge is 2.30. The Hall–Kier alpha value is -0.830. The van der Waals surface area contributed by atoms with Crippen molar-refractivity contribution in [1.29, 1.82) is 0 Å². The van der Waals surface area contributed by atoms with E-state index >= 15 is 0 Å². The molecular weight excluding hydrogens is 210 g/mol. The van der Waals surface area contributed by atoms with E-state index in [0.717, 1.165) is 11.5 Å². The molecule has 1 aromatic rings. The van der Waals surface area contributed by atoms with E-state index in [-0.39, 0.29) is 11.0 Å². The molecular formula is C14H27N3. The number of rotatable bonds is 1. The number of imidazole rings is 1. The maximum atomic E-state index is 6.23. The van der Waals surface area contributed by atoms with Crippen LogP contribution in [0.25, 0.3) is 0 Å². The molecule has 98 valence electrons. The SMILES string of the molecule is CC(C)(C)c1cn(C(C)(C)C)c(C(C)(C)N)n1. The van der Waals surface area contributed by atoms with E-state index in [4.69, 9.17) is 10.7 Å². The van der Waals surface area contributed by atoms with E-state index in [1.165, 1.54) is 0 Å². The third-order valence-electron chi connectivity index (χ3n) is 2.77. The van der Waals surface area contributed by atoms with Gasteiger partial charge in [0.15, 0.2) is 0 Å². The summed E-state index contributed by atoms with van der Waals surface area (Å²) in [5, 5.41) is 0. The number of hydrogen-bond acceptors (Lipinski definition) is 2. The Morgan fingerprint density at radius 3 is 1.71 bits per heavy atom. The predicted octanol–water partition coefficient (Wildman–Crippen LogP) is 3.13. The van der Waals surface area contributed by atoms with E-state index in [1.54, 1.807) is 0 Å². The molecule has 0 fully saturated rings. The number of hydrogen-bond donors (Lipinski definition) is 1. The Kier molecular flexibility index (Phi) is 3.21. The van der Waals surface area contributed by atoms with Crippen molar-refractivity contribution in [3.05, 3.63) is 17.7 Å². The third kappa shape index (κ3) is 3.09. The molecule has 2 N–H and O–H groups in total. The van der Waals surface area contributed by atoms with Crippen LogP contribution in [0.2, 0.25) is 0 Å². The summed E-state index contributed by atoms with van der Waals surface area (Å²) in [6.07, 6.45) is 2.14. The van der Waals surface area contributed by atoms with Crippen molar-refractivity contribution in [1.82, 2.24) is 9.55 Å². The minimum atomic E-state index is -0.420. The number of nitrogens with two attached hydrogens (primary N) is 1. The van der Waals surface area contributed by atoms with Gasteiger partial charge in [-0.3, -0.25) is 0 Å². The maximum Gasteiger partial charge on any atom is 0.129 e. The van der Waals surface area contributed by atoms with Gasteiger partial charge in [0.05, 0.1) is 11.2 Å². The van der Waals surface area contributed by atoms with Crippen molar-refractivity contribution in [2.75, 3.05) is 0 Å². The lowest BCUT2D eigenvalue weighted by Gasteiger charge is -2.28. The molecule has 3 nitrogen and oxygen atoms in total. The zero-order chi connectivity index (χ0) is 13.6. The molecule has 0 aliphatic rings. The smallest absolute Gasteiger partial charge is 0.129 e. The van der Waals surface area contributed by atoms with Gasteiger partial charge in [-0.25, -0.2) is 4.98 Å². The van der Waals surface area contributed by atoms with Gasteiger partial charge < -0.3 is 10.3 Å². The van der Waals surface area contributed by atoms with Gasteiger partial charge in [0, 0.05) is 17.2 Å². The van der Waals surface area contributed by atoms with Gasteiger partial charge in [-0.1, -0.05) is 20.8 Å². The van der Waals surface area contributed by atoms with Crippen molar-refractivity contribution in [3.63, 3.8) is 0 Å². The van der Waals surface area contributed by atoms with E-state index in [2.05, 4.69) is 52.3 Å². The molecule has 0 aliphatic carbocycles. The largest absolute Gasteiger partial charge is 0.328 e. The summed E-state index contributed by atoms with van der Waals surface area (Å²) in [6, 6.07) is 0. The standard InChI is InChI=1S/C14H27N3/c1-12(2,3)10-9-17(13(4,5)6)11(16-10)14(7,8)15/h9H,15H2,1-8H3. The molecule has 1 rings (SSSR count). The average Bonchev–Trinajstić information content (AvgIpc) is 2.42. The first-order chi connectivity index (χ1) is 7.33. The third-order valence-corrected chi connectivity index (χ3v) is 2.77. The van der Waals surface area contributed by atoms with Crippen molar-refractivity contribution in [2.45, 2.75) is 71.9 Å². The zero-order valence-corrected chi connectivity index (χ0v) is 12.5. The molecule has 0 atom stereocenters. The van der Waals surface area contributed by atoms with Crippen molar-refractivity contribution in [2.24, 2.45) is 5.73 Å². The summed E-state index contributed by atoms with van der Waals surface area (Å²) >= 11 is 0. The van der Waals surface area contributed by atoms with Crippen LogP contribution in [0, 0.1) is 0 Å². The molecule has 17 heavy (non-hydrogen) atoms. The Balaban J connectivity index is 3.44. The monoisotopic (exact) mass is 237 g/mol. The quantitative estimate of drug-likeness (QED) is 0.815. The summed E-state index contributed by atoms with van der Waals surface area (Å²) in [5.74, 6) is 0.954. The molecule has 0 aliphatic heterocycles.